The maximum absolute atomic E-state index is 13.5. The Hall–Kier alpha value is -2.07. The summed E-state index contributed by atoms with van der Waals surface area (Å²) in [6, 6.07) is 12.2. The molecule has 0 radical (unpaired) electrons. The highest BCUT2D eigenvalue weighted by Crippen LogP contribution is 2.22. The largest absolute Gasteiger partial charge is 0.497 e. The van der Waals surface area contributed by atoms with Crippen molar-refractivity contribution in [3.8, 4) is 11.5 Å². The summed E-state index contributed by atoms with van der Waals surface area (Å²) in [7, 11) is 1.61. The summed E-state index contributed by atoms with van der Waals surface area (Å²) in [4.78, 5) is 0. The average molecular weight is 261 g/mol. The zero-order chi connectivity index (χ0) is 13.7. The number of hydrogen-bond acceptors (Lipinski definition) is 3. The Balaban J connectivity index is 2.12. The van der Waals surface area contributed by atoms with Crippen molar-refractivity contribution < 1.29 is 13.9 Å². The highest BCUT2D eigenvalue weighted by Gasteiger charge is 2.08. The van der Waals surface area contributed by atoms with E-state index in [2.05, 4.69) is 0 Å². The molecular formula is C15H16FNO2. The molecule has 0 unspecified atom stereocenters. The quantitative estimate of drug-likeness (QED) is 0.900. The Labute approximate surface area is 111 Å². The number of hydrogen-bond donors (Lipinski definition) is 1. The Morgan fingerprint density at radius 2 is 1.95 bits per heavy atom. The summed E-state index contributed by atoms with van der Waals surface area (Å²) in [6.45, 7) is 0.452. The molecule has 0 aromatic heterocycles. The fourth-order valence-corrected chi connectivity index (χ4v) is 1.80. The van der Waals surface area contributed by atoms with Gasteiger partial charge in [0.1, 0.15) is 23.9 Å². The first-order chi connectivity index (χ1) is 9.24. The molecule has 4 heteroatoms. The lowest BCUT2D eigenvalue weighted by atomic mass is 10.2. The van der Waals surface area contributed by atoms with E-state index < -0.39 is 0 Å². The molecule has 0 bridgehead atoms. The third kappa shape index (κ3) is 3.23. The van der Waals surface area contributed by atoms with Crippen LogP contribution in [0.15, 0.2) is 42.5 Å². The predicted molar refractivity (Wildman–Crippen MR) is 71.6 cm³/mol. The minimum Gasteiger partial charge on any atom is -0.497 e. The summed E-state index contributed by atoms with van der Waals surface area (Å²) in [5.41, 5.74) is 6.87. The van der Waals surface area contributed by atoms with Crippen LogP contribution >= 0.6 is 0 Å². The van der Waals surface area contributed by atoms with E-state index in [1.54, 1.807) is 19.2 Å². The summed E-state index contributed by atoms with van der Waals surface area (Å²) in [5, 5.41) is 0. The van der Waals surface area contributed by atoms with Crippen LogP contribution in [0.2, 0.25) is 0 Å². The predicted octanol–water partition coefficient (Wildman–Crippen LogP) is 2.87. The van der Waals surface area contributed by atoms with Crippen LogP contribution in [0, 0.1) is 5.82 Å². The smallest absolute Gasteiger partial charge is 0.131 e. The van der Waals surface area contributed by atoms with Crippen LogP contribution in [0.25, 0.3) is 0 Å². The Morgan fingerprint density at radius 3 is 2.68 bits per heavy atom. The highest BCUT2D eigenvalue weighted by atomic mass is 19.1. The molecule has 0 spiro atoms. The van der Waals surface area contributed by atoms with Crippen molar-refractivity contribution in [3.63, 3.8) is 0 Å². The van der Waals surface area contributed by atoms with Gasteiger partial charge in [-0.15, -0.1) is 0 Å². The zero-order valence-electron chi connectivity index (χ0n) is 10.7. The lowest BCUT2D eigenvalue weighted by molar-refractivity contribution is 0.300. The summed E-state index contributed by atoms with van der Waals surface area (Å²) in [5.74, 6) is 0.898. The Bertz CT molecular complexity index is 558. The van der Waals surface area contributed by atoms with Gasteiger partial charge in [-0.2, -0.15) is 0 Å². The second kappa shape index (κ2) is 6.20. The van der Waals surface area contributed by atoms with Crippen molar-refractivity contribution in [1.82, 2.24) is 0 Å². The molecule has 100 valence electrons. The molecule has 2 rings (SSSR count). The molecule has 0 saturated carbocycles. The fourth-order valence-electron chi connectivity index (χ4n) is 1.80. The topological polar surface area (TPSA) is 44.5 Å². The number of ether oxygens (including phenoxy) is 2. The third-order valence-corrected chi connectivity index (χ3v) is 2.81. The second-order valence-corrected chi connectivity index (χ2v) is 4.06. The van der Waals surface area contributed by atoms with Crippen molar-refractivity contribution in [2.24, 2.45) is 5.73 Å². The third-order valence-electron chi connectivity index (χ3n) is 2.81. The number of methoxy groups -OCH3 is 1. The van der Waals surface area contributed by atoms with Gasteiger partial charge in [-0.25, -0.2) is 4.39 Å². The molecule has 0 aliphatic heterocycles. The van der Waals surface area contributed by atoms with Gasteiger partial charge in [0.05, 0.1) is 7.11 Å². The first-order valence-corrected chi connectivity index (χ1v) is 5.97. The lowest BCUT2D eigenvalue weighted by Gasteiger charge is -2.11. The van der Waals surface area contributed by atoms with Crippen LogP contribution in [-0.4, -0.2) is 7.11 Å². The molecule has 2 aromatic rings. The minimum absolute atomic E-state index is 0.111. The Morgan fingerprint density at radius 1 is 1.16 bits per heavy atom. The minimum atomic E-state index is -0.342. The monoisotopic (exact) mass is 261 g/mol. The van der Waals surface area contributed by atoms with Gasteiger partial charge in [-0.05, 0) is 29.8 Å². The van der Waals surface area contributed by atoms with E-state index in [1.165, 1.54) is 6.07 Å². The van der Waals surface area contributed by atoms with Gasteiger partial charge in [-0.1, -0.05) is 18.2 Å². The van der Waals surface area contributed by atoms with Gasteiger partial charge >= 0.3 is 0 Å². The van der Waals surface area contributed by atoms with Crippen LogP contribution in [-0.2, 0) is 13.2 Å². The number of benzene rings is 2. The summed E-state index contributed by atoms with van der Waals surface area (Å²) in [6.07, 6.45) is 0. The van der Waals surface area contributed by atoms with E-state index in [9.17, 15) is 4.39 Å². The number of nitrogens with two attached hydrogens (primary N) is 1. The van der Waals surface area contributed by atoms with Crippen molar-refractivity contribution in [3.05, 3.63) is 59.4 Å². The van der Waals surface area contributed by atoms with Crippen LogP contribution in [0.4, 0.5) is 4.39 Å². The first kappa shape index (κ1) is 13.4. The second-order valence-electron chi connectivity index (χ2n) is 4.06. The van der Waals surface area contributed by atoms with E-state index in [0.29, 0.717) is 17.9 Å². The standard InChI is InChI=1S/C15H16FNO2/c1-18-12-5-2-4-11(8-12)10-19-15-7-3-6-14(16)13(15)9-17/h2-8H,9-10,17H2,1H3. The highest BCUT2D eigenvalue weighted by molar-refractivity contribution is 5.35. The number of halogens is 1. The van der Waals surface area contributed by atoms with Crippen molar-refractivity contribution in [1.29, 1.82) is 0 Å². The van der Waals surface area contributed by atoms with Crippen LogP contribution in [0.3, 0.4) is 0 Å². The SMILES string of the molecule is COc1cccc(COc2cccc(F)c2CN)c1. The van der Waals surface area contributed by atoms with Gasteiger partial charge in [0.25, 0.3) is 0 Å². The van der Waals surface area contributed by atoms with Crippen molar-refractivity contribution in [2.75, 3.05) is 7.11 Å². The van der Waals surface area contributed by atoms with Gasteiger partial charge in [0.2, 0.25) is 0 Å². The maximum Gasteiger partial charge on any atom is 0.131 e. The maximum atomic E-state index is 13.5. The zero-order valence-corrected chi connectivity index (χ0v) is 10.7. The molecule has 2 aromatic carbocycles. The van der Waals surface area contributed by atoms with Gasteiger partial charge in [0.15, 0.2) is 0 Å². The van der Waals surface area contributed by atoms with E-state index in [1.807, 2.05) is 24.3 Å². The lowest BCUT2D eigenvalue weighted by Crippen LogP contribution is -2.05. The van der Waals surface area contributed by atoms with E-state index in [0.717, 1.165) is 11.3 Å². The Kier molecular flexibility index (Phi) is 4.36. The molecule has 3 nitrogen and oxygen atoms in total. The molecule has 19 heavy (non-hydrogen) atoms. The molecule has 0 atom stereocenters. The molecule has 2 N–H and O–H groups in total. The normalized spacial score (nSPS) is 10.3. The molecule has 0 amide bonds. The van der Waals surface area contributed by atoms with Crippen LogP contribution in [0.5, 0.6) is 11.5 Å². The summed E-state index contributed by atoms with van der Waals surface area (Å²) < 4.78 is 24.3. The summed E-state index contributed by atoms with van der Waals surface area (Å²) >= 11 is 0. The van der Waals surface area contributed by atoms with Crippen LogP contribution in [0.1, 0.15) is 11.1 Å². The van der Waals surface area contributed by atoms with Gasteiger partial charge in [0, 0.05) is 12.1 Å². The average Bonchev–Trinajstić information content (AvgIpc) is 2.45. The molecule has 0 aliphatic carbocycles. The van der Waals surface area contributed by atoms with Gasteiger partial charge < -0.3 is 15.2 Å². The molecule has 0 aliphatic rings. The molecular weight excluding hydrogens is 245 g/mol. The molecule has 0 fully saturated rings. The number of rotatable bonds is 5. The van der Waals surface area contributed by atoms with E-state index in [4.69, 9.17) is 15.2 Å². The molecule has 0 saturated heterocycles. The first-order valence-electron chi connectivity index (χ1n) is 5.97. The van der Waals surface area contributed by atoms with Crippen molar-refractivity contribution >= 4 is 0 Å². The van der Waals surface area contributed by atoms with E-state index >= 15 is 0 Å². The molecule has 0 heterocycles. The van der Waals surface area contributed by atoms with E-state index in [-0.39, 0.29) is 12.4 Å². The fraction of sp³-hybridized carbons (Fsp3) is 0.200. The van der Waals surface area contributed by atoms with Crippen LogP contribution < -0.4 is 15.2 Å². The van der Waals surface area contributed by atoms with Gasteiger partial charge in [-0.3, -0.25) is 0 Å². The van der Waals surface area contributed by atoms with Crippen molar-refractivity contribution in [2.45, 2.75) is 13.2 Å².